The molecule has 0 radical (unpaired) electrons. The van der Waals surface area contributed by atoms with E-state index in [1.807, 2.05) is 0 Å². The number of nitrogens with zero attached hydrogens (tertiary/aromatic N) is 1. The summed E-state index contributed by atoms with van der Waals surface area (Å²) >= 11 is 0. The maximum atomic E-state index is 13.1. The zero-order chi connectivity index (χ0) is 17.7. The van der Waals surface area contributed by atoms with Gasteiger partial charge in [0.2, 0.25) is 0 Å². The van der Waals surface area contributed by atoms with Crippen molar-refractivity contribution < 1.29 is 9.13 Å². The molecule has 5 rings (SSSR count). The van der Waals surface area contributed by atoms with Crippen molar-refractivity contribution in [2.24, 2.45) is 5.92 Å². The molecule has 1 heterocycles. The third-order valence-electron chi connectivity index (χ3n) is 7.14. The van der Waals surface area contributed by atoms with Crippen LogP contribution in [0.1, 0.15) is 43.2 Å². The van der Waals surface area contributed by atoms with Gasteiger partial charge in [-0.1, -0.05) is 18.9 Å². The van der Waals surface area contributed by atoms with Crippen LogP contribution in [0.25, 0.3) is 0 Å². The van der Waals surface area contributed by atoms with Gasteiger partial charge in [0.1, 0.15) is 17.3 Å². The van der Waals surface area contributed by atoms with E-state index >= 15 is 0 Å². The first-order valence-corrected chi connectivity index (χ1v) is 9.93. The highest BCUT2D eigenvalue weighted by Gasteiger charge is 2.53. The zero-order valence-electron chi connectivity index (χ0n) is 15.4. The Balaban J connectivity index is 1.54. The second-order valence-corrected chi connectivity index (χ2v) is 8.39. The van der Waals surface area contributed by atoms with Crippen LogP contribution in [-0.2, 0) is 11.8 Å². The van der Waals surface area contributed by atoms with Crippen molar-refractivity contribution >= 4 is 0 Å². The zero-order valence-corrected chi connectivity index (χ0v) is 15.4. The summed E-state index contributed by atoms with van der Waals surface area (Å²) in [4.78, 5) is 2.60. The first-order valence-electron chi connectivity index (χ1n) is 9.93. The predicted octanol–water partition coefficient (Wildman–Crippen LogP) is 5.31. The van der Waals surface area contributed by atoms with Crippen LogP contribution in [0.3, 0.4) is 0 Å². The molecule has 2 aliphatic carbocycles. The molecule has 3 heteroatoms. The molecule has 3 aliphatic rings. The topological polar surface area (TPSA) is 12.5 Å². The minimum atomic E-state index is -0.232. The lowest BCUT2D eigenvalue weighted by Gasteiger charge is -2.58. The summed E-state index contributed by atoms with van der Waals surface area (Å²) in [7, 11) is 2.31. The van der Waals surface area contributed by atoms with E-state index < -0.39 is 0 Å². The van der Waals surface area contributed by atoms with Gasteiger partial charge < -0.3 is 9.64 Å². The van der Waals surface area contributed by atoms with Crippen LogP contribution in [-0.4, -0.2) is 24.5 Å². The van der Waals surface area contributed by atoms with Crippen LogP contribution in [0.5, 0.6) is 11.5 Å². The predicted molar refractivity (Wildman–Crippen MR) is 101 cm³/mol. The van der Waals surface area contributed by atoms with E-state index in [0.717, 1.165) is 18.1 Å². The van der Waals surface area contributed by atoms with Gasteiger partial charge in [-0.3, -0.25) is 0 Å². The fourth-order valence-electron chi connectivity index (χ4n) is 5.88. The highest BCUT2D eigenvalue weighted by molar-refractivity contribution is 5.46. The number of fused-ring (bicyclic) bond motifs is 1. The molecule has 136 valence electrons. The number of halogens is 1. The molecule has 0 spiro atoms. The average Bonchev–Trinajstić information content (AvgIpc) is 2.67. The SMILES string of the molecule is CN1CC[C@]23CCCC[C@H]2[C@H]1Cc1ccc(Oc2ccc(F)cc2)cc13. The minimum Gasteiger partial charge on any atom is -0.457 e. The first-order chi connectivity index (χ1) is 12.7. The minimum absolute atomic E-state index is 0.232. The van der Waals surface area contributed by atoms with Crippen molar-refractivity contribution in [1.29, 1.82) is 0 Å². The lowest BCUT2D eigenvalue weighted by molar-refractivity contribution is 0.00276. The second-order valence-electron chi connectivity index (χ2n) is 8.39. The number of rotatable bonds is 2. The Labute approximate surface area is 155 Å². The Hall–Kier alpha value is -1.87. The molecule has 1 saturated heterocycles. The van der Waals surface area contributed by atoms with Crippen molar-refractivity contribution in [3.63, 3.8) is 0 Å². The number of benzene rings is 2. The van der Waals surface area contributed by atoms with Crippen LogP contribution in [0.15, 0.2) is 42.5 Å². The number of likely N-dealkylation sites (N-methyl/N-ethyl adjacent to an activating group) is 1. The van der Waals surface area contributed by atoms with Crippen LogP contribution < -0.4 is 4.74 Å². The lowest BCUT2D eigenvalue weighted by atomic mass is 9.52. The monoisotopic (exact) mass is 351 g/mol. The van der Waals surface area contributed by atoms with Crippen molar-refractivity contribution in [3.8, 4) is 11.5 Å². The summed E-state index contributed by atoms with van der Waals surface area (Å²) in [5.41, 5.74) is 3.38. The van der Waals surface area contributed by atoms with Crippen molar-refractivity contribution in [2.75, 3.05) is 13.6 Å². The molecule has 2 nitrogen and oxygen atoms in total. The third kappa shape index (κ3) is 2.48. The third-order valence-corrected chi connectivity index (χ3v) is 7.14. The second kappa shape index (κ2) is 6.09. The Bertz CT molecular complexity index is 817. The summed E-state index contributed by atoms with van der Waals surface area (Å²) in [5, 5.41) is 0. The van der Waals surface area contributed by atoms with Crippen LogP contribution >= 0.6 is 0 Å². The van der Waals surface area contributed by atoms with Crippen molar-refractivity contribution in [1.82, 2.24) is 4.90 Å². The lowest BCUT2D eigenvalue weighted by Crippen LogP contribution is -2.59. The molecule has 2 aromatic carbocycles. The van der Waals surface area contributed by atoms with Gasteiger partial charge >= 0.3 is 0 Å². The van der Waals surface area contributed by atoms with E-state index in [0.29, 0.717) is 17.2 Å². The maximum absolute atomic E-state index is 13.1. The van der Waals surface area contributed by atoms with Gasteiger partial charge in [0.15, 0.2) is 0 Å². The number of likely N-dealkylation sites (tertiary alicyclic amines) is 1. The number of hydrogen-bond donors (Lipinski definition) is 0. The molecule has 3 atom stereocenters. The number of piperidine rings is 1. The Morgan fingerprint density at radius 3 is 2.69 bits per heavy atom. The summed E-state index contributed by atoms with van der Waals surface area (Å²) in [5.74, 6) is 2.13. The molecule has 0 aromatic heterocycles. The molecule has 2 bridgehead atoms. The summed E-state index contributed by atoms with van der Waals surface area (Å²) in [6, 6.07) is 13.6. The van der Waals surface area contributed by atoms with Crippen molar-refractivity contribution in [2.45, 2.75) is 50.0 Å². The van der Waals surface area contributed by atoms with E-state index in [2.05, 4.69) is 30.1 Å². The average molecular weight is 351 g/mol. The summed E-state index contributed by atoms with van der Waals surface area (Å²) in [6.45, 7) is 1.20. The molecule has 0 N–H and O–H groups in total. The van der Waals surface area contributed by atoms with Gasteiger partial charge in [-0.15, -0.1) is 0 Å². The van der Waals surface area contributed by atoms with Gasteiger partial charge in [-0.2, -0.15) is 0 Å². The highest BCUT2D eigenvalue weighted by Crippen LogP contribution is 2.56. The molecule has 2 fully saturated rings. The van der Waals surface area contributed by atoms with E-state index in [1.54, 1.807) is 12.1 Å². The van der Waals surface area contributed by atoms with Crippen LogP contribution in [0.4, 0.5) is 4.39 Å². The highest BCUT2D eigenvalue weighted by atomic mass is 19.1. The largest absolute Gasteiger partial charge is 0.457 e. The van der Waals surface area contributed by atoms with Crippen molar-refractivity contribution in [3.05, 3.63) is 59.4 Å². The fraction of sp³-hybridized carbons (Fsp3) is 0.478. The number of ether oxygens (including phenoxy) is 1. The van der Waals surface area contributed by atoms with Crippen LogP contribution in [0, 0.1) is 11.7 Å². The van der Waals surface area contributed by atoms with E-state index in [-0.39, 0.29) is 5.82 Å². The van der Waals surface area contributed by atoms with Gasteiger partial charge in [-0.25, -0.2) is 4.39 Å². The Morgan fingerprint density at radius 1 is 1.04 bits per heavy atom. The molecule has 0 unspecified atom stereocenters. The normalized spacial score (nSPS) is 30.4. The van der Waals surface area contributed by atoms with E-state index in [4.69, 9.17) is 4.74 Å². The van der Waals surface area contributed by atoms with Gasteiger partial charge in [0, 0.05) is 11.5 Å². The Morgan fingerprint density at radius 2 is 1.85 bits per heavy atom. The van der Waals surface area contributed by atoms with Gasteiger partial charge in [-0.05, 0) is 92.7 Å². The Kier molecular flexibility index (Phi) is 3.82. The summed E-state index contributed by atoms with van der Waals surface area (Å²) in [6.07, 6.45) is 7.81. The number of hydrogen-bond acceptors (Lipinski definition) is 2. The maximum Gasteiger partial charge on any atom is 0.127 e. The van der Waals surface area contributed by atoms with E-state index in [9.17, 15) is 4.39 Å². The molecule has 2 aromatic rings. The molecule has 1 saturated carbocycles. The molecular weight excluding hydrogens is 325 g/mol. The smallest absolute Gasteiger partial charge is 0.127 e. The van der Waals surface area contributed by atoms with E-state index in [1.165, 1.54) is 61.9 Å². The molecule has 0 amide bonds. The molecule has 26 heavy (non-hydrogen) atoms. The van der Waals surface area contributed by atoms with Crippen LogP contribution in [0.2, 0.25) is 0 Å². The van der Waals surface area contributed by atoms with Gasteiger partial charge in [0.25, 0.3) is 0 Å². The van der Waals surface area contributed by atoms with Gasteiger partial charge in [0.05, 0.1) is 0 Å². The first kappa shape index (κ1) is 16.3. The standard InChI is InChI=1S/C23H26FNO/c1-25-13-12-23-11-3-2-4-20(23)22(25)14-16-5-8-19(15-21(16)23)26-18-9-6-17(24)7-10-18/h5-10,15,20,22H,2-4,11-14H2,1H3/t20-,22+,23+/m0/s1. The fourth-order valence-corrected chi connectivity index (χ4v) is 5.88. The molecular formula is C23H26FNO. The quantitative estimate of drug-likeness (QED) is 0.727. The molecule has 1 aliphatic heterocycles. The summed E-state index contributed by atoms with van der Waals surface area (Å²) < 4.78 is 19.2.